The number of hydrogen-bond acceptors (Lipinski definition) is 4. The first-order valence-electron chi connectivity index (χ1n) is 5.56. The number of benzene rings is 1. The highest BCUT2D eigenvalue weighted by atomic mass is 35.5. The van der Waals surface area contributed by atoms with Crippen molar-refractivity contribution >= 4 is 41.1 Å². The first kappa shape index (κ1) is 15.7. The molecule has 2 nitrogen and oxygen atoms in total. The Morgan fingerprint density at radius 3 is 2.61 bits per heavy atom. The van der Waals surface area contributed by atoms with Gasteiger partial charge in [0.15, 0.2) is 0 Å². The van der Waals surface area contributed by atoms with Crippen molar-refractivity contribution < 1.29 is 9.53 Å². The summed E-state index contributed by atoms with van der Waals surface area (Å²) >= 11 is 9.57. The summed E-state index contributed by atoms with van der Waals surface area (Å²) < 4.78 is 4.80. The molecule has 0 aliphatic heterocycles. The van der Waals surface area contributed by atoms with E-state index in [1.807, 2.05) is 6.26 Å². The lowest BCUT2D eigenvalue weighted by Gasteiger charge is -2.14. The van der Waals surface area contributed by atoms with Crippen molar-refractivity contribution in [1.82, 2.24) is 0 Å². The van der Waals surface area contributed by atoms with Crippen LogP contribution in [0, 0.1) is 0 Å². The number of rotatable bonds is 5. The van der Waals surface area contributed by atoms with Gasteiger partial charge in [0.2, 0.25) is 0 Å². The number of esters is 1. The van der Waals surface area contributed by atoms with Crippen LogP contribution in [0.5, 0.6) is 0 Å². The third kappa shape index (κ3) is 3.84. The van der Waals surface area contributed by atoms with Crippen molar-refractivity contribution in [2.45, 2.75) is 29.7 Å². The second kappa shape index (κ2) is 7.31. The number of carbonyl (C=O) groups is 1. The first-order valence-corrected chi connectivity index (χ1v) is 8.21. The summed E-state index contributed by atoms with van der Waals surface area (Å²) in [5, 5.41) is 1.23. The molecule has 1 aromatic carbocycles. The molecule has 0 atom stereocenters. The Bertz CT molecular complexity index is 433. The third-order valence-corrected chi connectivity index (χ3v) is 4.72. The molecule has 0 saturated heterocycles. The van der Waals surface area contributed by atoms with E-state index in [4.69, 9.17) is 16.3 Å². The zero-order valence-electron chi connectivity index (χ0n) is 11.0. The molecule has 0 bridgehead atoms. The zero-order valence-corrected chi connectivity index (χ0v) is 13.3. The smallest absolute Gasteiger partial charge is 0.339 e. The molecule has 0 aliphatic rings. The molecular formula is C13H17ClO2S2. The van der Waals surface area contributed by atoms with Crippen LogP contribution in [-0.2, 0) is 10.5 Å². The molecule has 0 saturated carbocycles. The summed E-state index contributed by atoms with van der Waals surface area (Å²) in [5.74, 6) is 0.490. The van der Waals surface area contributed by atoms with Gasteiger partial charge in [-0.25, -0.2) is 4.79 Å². The molecule has 0 aliphatic carbocycles. The van der Waals surface area contributed by atoms with Crippen LogP contribution < -0.4 is 0 Å². The summed E-state index contributed by atoms with van der Waals surface area (Å²) in [7, 11) is 1.39. The van der Waals surface area contributed by atoms with Gasteiger partial charge in [-0.05, 0) is 29.2 Å². The van der Waals surface area contributed by atoms with Crippen LogP contribution in [0.2, 0.25) is 5.02 Å². The fourth-order valence-electron chi connectivity index (χ4n) is 1.49. The Balaban J connectivity index is 3.17. The predicted octanol–water partition coefficient (Wildman–Crippen LogP) is 4.49. The van der Waals surface area contributed by atoms with Crippen LogP contribution in [0.4, 0.5) is 0 Å². The van der Waals surface area contributed by atoms with Crippen molar-refractivity contribution in [2.75, 3.05) is 13.4 Å². The zero-order chi connectivity index (χ0) is 13.7. The maximum Gasteiger partial charge on any atom is 0.339 e. The predicted molar refractivity (Wildman–Crippen MR) is 81.0 cm³/mol. The molecular weight excluding hydrogens is 288 g/mol. The van der Waals surface area contributed by atoms with E-state index < -0.39 is 0 Å². The molecule has 0 radical (unpaired) electrons. The molecule has 1 rings (SSSR count). The first-order chi connectivity index (χ1) is 8.51. The number of halogens is 1. The summed E-state index contributed by atoms with van der Waals surface area (Å²) in [6.07, 6.45) is 1.95. The highest BCUT2D eigenvalue weighted by Gasteiger charge is 2.17. The van der Waals surface area contributed by atoms with Gasteiger partial charge in [-0.2, -0.15) is 11.8 Å². The monoisotopic (exact) mass is 304 g/mol. The number of thioether (sulfide) groups is 2. The average molecular weight is 305 g/mol. The molecule has 0 amide bonds. The van der Waals surface area contributed by atoms with Gasteiger partial charge in [0.25, 0.3) is 0 Å². The Hall–Kier alpha value is -0.320. The second-order valence-corrected chi connectivity index (χ2v) is 6.75. The summed E-state index contributed by atoms with van der Waals surface area (Å²) in [4.78, 5) is 12.6. The lowest BCUT2D eigenvalue weighted by Crippen LogP contribution is -2.05. The van der Waals surface area contributed by atoms with Gasteiger partial charge in [0.05, 0.1) is 12.7 Å². The standard InChI is InChI=1S/C13H17ClO2S2/c1-8(2)18-7-10-11(14)6-5-9(12(10)17-4)13(15)16-3/h5-6,8H,7H2,1-4H3. The molecule has 0 heterocycles. The van der Waals surface area contributed by atoms with Crippen molar-refractivity contribution in [2.24, 2.45) is 0 Å². The Morgan fingerprint density at radius 2 is 2.11 bits per heavy atom. The molecule has 0 fully saturated rings. The van der Waals surface area contributed by atoms with E-state index in [2.05, 4.69) is 13.8 Å². The minimum absolute atomic E-state index is 0.313. The fourth-order valence-corrected chi connectivity index (χ4v) is 3.54. The molecule has 5 heteroatoms. The van der Waals surface area contributed by atoms with Gasteiger partial charge in [-0.15, -0.1) is 11.8 Å². The summed E-state index contributed by atoms with van der Waals surface area (Å²) in [6.45, 7) is 4.28. The van der Waals surface area contributed by atoms with Gasteiger partial charge in [-0.1, -0.05) is 25.4 Å². The van der Waals surface area contributed by atoms with Crippen molar-refractivity contribution in [1.29, 1.82) is 0 Å². The number of hydrogen-bond donors (Lipinski definition) is 0. The van der Waals surface area contributed by atoms with Gasteiger partial charge < -0.3 is 4.74 Å². The molecule has 0 aromatic heterocycles. The highest BCUT2D eigenvalue weighted by Crippen LogP contribution is 2.34. The van der Waals surface area contributed by atoms with E-state index in [1.54, 1.807) is 23.9 Å². The van der Waals surface area contributed by atoms with Gasteiger partial charge >= 0.3 is 5.97 Å². The number of methoxy groups -OCH3 is 1. The molecule has 100 valence electrons. The van der Waals surface area contributed by atoms with E-state index in [1.165, 1.54) is 18.9 Å². The Morgan fingerprint density at radius 1 is 1.44 bits per heavy atom. The van der Waals surface area contributed by atoms with E-state index in [9.17, 15) is 4.79 Å². The largest absolute Gasteiger partial charge is 0.465 e. The van der Waals surface area contributed by atoms with E-state index in [0.717, 1.165) is 16.2 Å². The Kier molecular flexibility index (Phi) is 6.39. The van der Waals surface area contributed by atoms with Crippen LogP contribution in [0.15, 0.2) is 17.0 Å². The number of carbonyl (C=O) groups excluding carboxylic acids is 1. The lowest BCUT2D eigenvalue weighted by molar-refractivity contribution is 0.0596. The van der Waals surface area contributed by atoms with Crippen LogP contribution in [0.3, 0.4) is 0 Å². The van der Waals surface area contributed by atoms with Crippen molar-refractivity contribution in [3.63, 3.8) is 0 Å². The number of ether oxygens (including phenoxy) is 1. The van der Waals surface area contributed by atoms with Crippen LogP contribution >= 0.6 is 35.1 Å². The van der Waals surface area contributed by atoms with Crippen LogP contribution in [-0.4, -0.2) is 24.6 Å². The van der Waals surface area contributed by atoms with Crippen molar-refractivity contribution in [3.05, 3.63) is 28.3 Å². The third-order valence-electron chi connectivity index (χ3n) is 2.37. The minimum atomic E-state index is -0.313. The second-order valence-electron chi connectivity index (χ2n) is 3.96. The van der Waals surface area contributed by atoms with Gasteiger partial charge in [0, 0.05) is 15.7 Å². The Labute approximate surface area is 122 Å². The molecule has 18 heavy (non-hydrogen) atoms. The minimum Gasteiger partial charge on any atom is -0.465 e. The average Bonchev–Trinajstić information content (AvgIpc) is 2.35. The van der Waals surface area contributed by atoms with E-state index in [0.29, 0.717) is 15.8 Å². The summed E-state index contributed by atoms with van der Waals surface area (Å²) in [6, 6.07) is 3.49. The van der Waals surface area contributed by atoms with E-state index in [-0.39, 0.29) is 5.97 Å². The summed E-state index contributed by atoms with van der Waals surface area (Å²) in [5.41, 5.74) is 1.61. The van der Waals surface area contributed by atoms with Crippen LogP contribution in [0.1, 0.15) is 29.8 Å². The van der Waals surface area contributed by atoms with Crippen molar-refractivity contribution in [3.8, 4) is 0 Å². The molecule has 0 N–H and O–H groups in total. The fraction of sp³-hybridized carbons (Fsp3) is 0.462. The SMILES string of the molecule is COC(=O)c1ccc(Cl)c(CSC(C)C)c1SC. The van der Waals surface area contributed by atoms with Crippen LogP contribution in [0.25, 0.3) is 0 Å². The molecule has 1 aromatic rings. The van der Waals surface area contributed by atoms with E-state index >= 15 is 0 Å². The van der Waals surface area contributed by atoms with Gasteiger partial charge in [0.1, 0.15) is 0 Å². The lowest BCUT2D eigenvalue weighted by atomic mass is 10.1. The maximum atomic E-state index is 11.7. The topological polar surface area (TPSA) is 26.3 Å². The molecule has 0 spiro atoms. The molecule has 0 unspecified atom stereocenters. The highest BCUT2D eigenvalue weighted by molar-refractivity contribution is 7.99. The van der Waals surface area contributed by atoms with Gasteiger partial charge in [-0.3, -0.25) is 0 Å². The quantitative estimate of drug-likeness (QED) is 0.591. The maximum absolute atomic E-state index is 11.7. The normalized spacial score (nSPS) is 10.8.